The molecule has 23 heavy (non-hydrogen) atoms. The number of esters is 1. The molecule has 0 aliphatic carbocycles. The maximum absolute atomic E-state index is 11.2. The maximum Gasteiger partial charge on any atom is 0.305 e. The lowest BCUT2D eigenvalue weighted by Gasteiger charge is -2.15. The molecule has 4 N–H and O–H groups in total. The van der Waals surface area contributed by atoms with E-state index in [1.807, 2.05) is 0 Å². The summed E-state index contributed by atoms with van der Waals surface area (Å²) >= 11 is 0. The molecule has 128 valence electrons. The van der Waals surface area contributed by atoms with Crippen LogP contribution in [0.15, 0.2) is 18.2 Å². The van der Waals surface area contributed by atoms with Crippen molar-refractivity contribution in [1.82, 2.24) is 0 Å². The zero-order valence-electron chi connectivity index (χ0n) is 13.5. The Balaban J connectivity index is 2.59. The highest BCUT2D eigenvalue weighted by Gasteiger charge is 2.13. The van der Waals surface area contributed by atoms with Crippen LogP contribution >= 0.6 is 0 Å². The molecule has 1 unspecified atom stereocenters. The van der Waals surface area contributed by atoms with Crippen LogP contribution in [0.2, 0.25) is 0 Å². The van der Waals surface area contributed by atoms with Crippen LogP contribution in [-0.4, -0.2) is 32.2 Å². The second kappa shape index (κ2) is 9.68. The lowest BCUT2D eigenvalue weighted by molar-refractivity contribution is -0.143. The van der Waals surface area contributed by atoms with Crippen molar-refractivity contribution in [2.45, 2.75) is 32.2 Å². The number of primary amides is 1. The second-order valence-electron chi connectivity index (χ2n) is 4.94. The molecule has 1 aromatic rings. The SMILES string of the molecule is CCOC(=O)CCCOc1ccc(C(N)CC(N)=O)cc1OC. The topological polar surface area (TPSA) is 114 Å². The summed E-state index contributed by atoms with van der Waals surface area (Å²) in [6.07, 6.45) is 0.908. The van der Waals surface area contributed by atoms with Gasteiger partial charge in [0.15, 0.2) is 11.5 Å². The number of nitrogens with two attached hydrogens (primary N) is 2. The van der Waals surface area contributed by atoms with Crippen molar-refractivity contribution in [2.24, 2.45) is 11.5 Å². The van der Waals surface area contributed by atoms with E-state index < -0.39 is 11.9 Å². The molecule has 0 heterocycles. The third-order valence-corrected chi connectivity index (χ3v) is 3.13. The first-order valence-electron chi connectivity index (χ1n) is 7.48. The van der Waals surface area contributed by atoms with Crippen LogP contribution in [0.3, 0.4) is 0 Å². The van der Waals surface area contributed by atoms with Crippen LogP contribution in [0, 0.1) is 0 Å². The number of methoxy groups -OCH3 is 1. The Morgan fingerprint density at radius 2 is 2.00 bits per heavy atom. The highest BCUT2D eigenvalue weighted by Crippen LogP contribution is 2.30. The Hall–Kier alpha value is -2.28. The second-order valence-corrected chi connectivity index (χ2v) is 4.94. The van der Waals surface area contributed by atoms with E-state index in [0.29, 0.717) is 37.6 Å². The number of rotatable bonds is 10. The zero-order valence-corrected chi connectivity index (χ0v) is 13.5. The number of hydrogen-bond donors (Lipinski definition) is 2. The normalized spacial score (nSPS) is 11.6. The number of ether oxygens (including phenoxy) is 3. The minimum atomic E-state index is -0.487. The molecule has 7 heteroatoms. The average Bonchev–Trinajstić information content (AvgIpc) is 2.51. The Labute approximate surface area is 135 Å². The van der Waals surface area contributed by atoms with E-state index in [1.54, 1.807) is 25.1 Å². The van der Waals surface area contributed by atoms with Crippen molar-refractivity contribution in [3.8, 4) is 11.5 Å². The van der Waals surface area contributed by atoms with Crippen LogP contribution in [0.25, 0.3) is 0 Å². The molecule has 7 nitrogen and oxygen atoms in total. The van der Waals surface area contributed by atoms with Gasteiger partial charge in [-0.3, -0.25) is 9.59 Å². The lowest BCUT2D eigenvalue weighted by atomic mass is 10.0. The molecular formula is C16H24N2O5. The Morgan fingerprint density at radius 1 is 1.26 bits per heavy atom. The summed E-state index contributed by atoms with van der Waals surface area (Å²) in [5.41, 5.74) is 11.8. The largest absolute Gasteiger partial charge is 0.493 e. The number of benzene rings is 1. The van der Waals surface area contributed by atoms with Crippen LogP contribution in [-0.2, 0) is 14.3 Å². The van der Waals surface area contributed by atoms with E-state index in [2.05, 4.69) is 0 Å². The molecule has 1 amide bonds. The minimum Gasteiger partial charge on any atom is -0.493 e. The number of carbonyl (C=O) groups excluding carboxylic acids is 2. The van der Waals surface area contributed by atoms with Gasteiger partial charge in [-0.2, -0.15) is 0 Å². The van der Waals surface area contributed by atoms with Crippen molar-refractivity contribution in [1.29, 1.82) is 0 Å². The van der Waals surface area contributed by atoms with Crippen molar-refractivity contribution in [3.05, 3.63) is 23.8 Å². The van der Waals surface area contributed by atoms with E-state index >= 15 is 0 Å². The van der Waals surface area contributed by atoms with Gasteiger partial charge < -0.3 is 25.7 Å². The Kier molecular flexibility index (Phi) is 7.90. The van der Waals surface area contributed by atoms with Crippen LogP contribution < -0.4 is 20.9 Å². The fraction of sp³-hybridized carbons (Fsp3) is 0.500. The number of hydrogen-bond acceptors (Lipinski definition) is 6. The van der Waals surface area contributed by atoms with Crippen molar-refractivity contribution in [2.75, 3.05) is 20.3 Å². The molecule has 0 aromatic heterocycles. The van der Waals surface area contributed by atoms with E-state index in [9.17, 15) is 9.59 Å². The van der Waals surface area contributed by atoms with Crippen molar-refractivity contribution in [3.63, 3.8) is 0 Å². The Morgan fingerprint density at radius 3 is 2.61 bits per heavy atom. The first kappa shape index (κ1) is 18.8. The fourth-order valence-electron chi connectivity index (χ4n) is 2.00. The van der Waals surface area contributed by atoms with Gasteiger partial charge in [0.05, 0.1) is 20.3 Å². The standard InChI is InChI=1S/C16H24N2O5/c1-3-22-16(20)5-4-8-23-13-7-6-11(9-14(13)21-2)12(17)10-15(18)19/h6-7,9,12H,3-5,8,10,17H2,1-2H3,(H2,18,19). The van der Waals surface area contributed by atoms with Gasteiger partial charge in [-0.1, -0.05) is 6.07 Å². The summed E-state index contributed by atoms with van der Waals surface area (Å²) in [6.45, 7) is 2.51. The highest BCUT2D eigenvalue weighted by atomic mass is 16.5. The predicted molar refractivity (Wildman–Crippen MR) is 85.1 cm³/mol. The molecular weight excluding hydrogens is 300 g/mol. The molecule has 0 saturated carbocycles. The Bertz CT molecular complexity index is 533. The van der Waals surface area contributed by atoms with Crippen LogP contribution in [0.1, 0.15) is 37.8 Å². The molecule has 1 aromatic carbocycles. The third kappa shape index (κ3) is 6.56. The van der Waals surface area contributed by atoms with Gasteiger partial charge in [0, 0.05) is 18.9 Å². The van der Waals surface area contributed by atoms with Gasteiger partial charge in [0.2, 0.25) is 5.91 Å². The third-order valence-electron chi connectivity index (χ3n) is 3.13. The molecule has 1 rings (SSSR count). The van der Waals surface area contributed by atoms with Gasteiger partial charge in [0.25, 0.3) is 0 Å². The summed E-state index contributed by atoms with van der Waals surface area (Å²) in [6, 6.07) is 4.71. The predicted octanol–water partition coefficient (Wildman–Crippen LogP) is 1.29. The first-order valence-corrected chi connectivity index (χ1v) is 7.48. The van der Waals surface area contributed by atoms with E-state index in [4.69, 9.17) is 25.7 Å². The molecule has 0 spiro atoms. The quantitative estimate of drug-likeness (QED) is 0.495. The van der Waals surface area contributed by atoms with Crippen LogP contribution in [0.4, 0.5) is 0 Å². The average molecular weight is 324 g/mol. The molecule has 0 saturated heterocycles. The lowest BCUT2D eigenvalue weighted by Crippen LogP contribution is -2.20. The first-order chi connectivity index (χ1) is 11.0. The molecule has 1 atom stereocenters. The molecule has 0 aliphatic rings. The summed E-state index contributed by atoms with van der Waals surface area (Å²) < 4.78 is 15.7. The summed E-state index contributed by atoms with van der Waals surface area (Å²) in [4.78, 5) is 22.2. The number of carbonyl (C=O) groups is 2. The van der Waals surface area contributed by atoms with Gasteiger partial charge in [-0.15, -0.1) is 0 Å². The highest BCUT2D eigenvalue weighted by molar-refractivity contribution is 5.74. The fourth-order valence-corrected chi connectivity index (χ4v) is 2.00. The van der Waals surface area contributed by atoms with E-state index in [-0.39, 0.29) is 12.4 Å². The summed E-state index contributed by atoms with van der Waals surface area (Å²) in [5.74, 6) is 0.358. The minimum absolute atomic E-state index is 0.0584. The van der Waals surface area contributed by atoms with Crippen molar-refractivity contribution >= 4 is 11.9 Å². The van der Waals surface area contributed by atoms with E-state index in [1.165, 1.54) is 7.11 Å². The molecule has 0 bridgehead atoms. The summed E-state index contributed by atoms with van der Waals surface area (Å²) in [5, 5.41) is 0. The van der Waals surface area contributed by atoms with Crippen LogP contribution in [0.5, 0.6) is 11.5 Å². The van der Waals surface area contributed by atoms with Gasteiger partial charge >= 0.3 is 5.97 Å². The van der Waals surface area contributed by atoms with Gasteiger partial charge in [-0.25, -0.2) is 0 Å². The van der Waals surface area contributed by atoms with Crippen molar-refractivity contribution < 1.29 is 23.8 Å². The monoisotopic (exact) mass is 324 g/mol. The maximum atomic E-state index is 11.2. The molecule has 0 radical (unpaired) electrons. The van der Waals surface area contributed by atoms with Gasteiger partial charge in [0.1, 0.15) is 0 Å². The zero-order chi connectivity index (χ0) is 17.2. The summed E-state index contributed by atoms with van der Waals surface area (Å²) in [7, 11) is 1.52. The smallest absolute Gasteiger partial charge is 0.305 e. The van der Waals surface area contributed by atoms with E-state index in [0.717, 1.165) is 5.56 Å². The molecule has 0 fully saturated rings. The molecule has 0 aliphatic heterocycles. The van der Waals surface area contributed by atoms with Gasteiger partial charge in [-0.05, 0) is 31.0 Å². The number of amides is 1.